The molecule has 3 saturated heterocycles. The van der Waals surface area contributed by atoms with Crippen molar-refractivity contribution < 1.29 is 28.3 Å². The summed E-state index contributed by atoms with van der Waals surface area (Å²) < 4.78 is 24.3. The van der Waals surface area contributed by atoms with Gasteiger partial charge in [0.15, 0.2) is 5.65 Å². The molecule has 16 heteroatoms. The molecule has 0 spiro atoms. The Morgan fingerprint density at radius 2 is 1.81 bits per heavy atom. The maximum Gasteiger partial charge on any atom is 0.261 e. The molecule has 2 aromatic carbocycles. The van der Waals surface area contributed by atoms with Crippen LogP contribution in [0.4, 0.5) is 15.8 Å². The summed E-state index contributed by atoms with van der Waals surface area (Å²) in [5, 5.41) is 17.7. The molecular formula is C38H41FN10O5. The molecule has 0 saturated carbocycles. The number of hydrogen-bond donors (Lipinski definition) is 3. The highest BCUT2D eigenvalue weighted by atomic mass is 19.1. The summed E-state index contributed by atoms with van der Waals surface area (Å²) in [4.78, 5) is 58.2. The fourth-order valence-corrected chi connectivity index (χ4v) is 7.76. The maximum absolute atomic E-state index is 15.1. The van der Waals surface area contributed by atoms with Crippen LogP contribution in [0.1, 0.15) is 65.3 Å². The highest BCUT2D eigenvalue weighted by Crippen LogP contribution is 2.33. The predicted octanol–water partition coefficient (Wildman–Crippen LogP) is 3.57. The normalized spacial score (nSPS) is 18.9. The molecule has 0 aliphatic carbocycles. The Morgan fingerprint density at radius 3 is 2.57 bits per heavy atom. The second kappa shape index (κ2) is 14.9. The third kappa shape index (κ3) is 7.20. The molecule has 4 amide bonds. The molecule has 3 fully saturated rings. The molecule has 3 aliphatic rings. The third-order valence-electron chi connectivity index (χ3n) is 10.8. The van der Waals surface area contributed by atoms with Crippen molar-refractivity contribution >= 4 is 51.6 Å². The number of carbonyl (C=O) groups excluding carboxylic acids is 4. The van der Waals surface area contributed by atoms with Gasteiger partial charge in [0, 0.05) is 74.9 Å². The lowest BCUT2D eigenvalue weighted by Gasteiger charge is -2.38. The van der Waals surface area contributed by atoms with Crippen LogP contribution < -0.4 is 25.6 Å². The van der Waals surface area contributed by atoms with Gasteiger partial charge in [-0.1, -0.05) is 0 Å². The largest absolute Gasteiger partial charge is 0.494 e. The van der Waals surface area contributed by atoms with Crippen molar-refractivity contribution in [3.05, 3.63) is 78.1 Å². The van der Waals surface area contributed by atoms with E-state index in [0.717, 1.165) is 75.0 Å². The first kappa shape index (κ1) is 35.1. The van der Waals surface area contributed by atoms with Crippen LogP contribution >= 0.6 is 0 Å². The average molecular weight is 737 g/mol. The lowest BCUT2D eigenvalue weighted by atomic mass is 9.94. The van der Waals surface area contributed by atoms with E-state index in [0.29, 0.717) is 28.6 Å². The second-order valence-corrected chi connectivity index (χ2v) is 14.2. The van der Waals surface area contributed by atoms with Crippen molar-refractivity contribution in [2.75, 3.05) is 50.1 Å². The minimum Gasteiger partial charge on any atom is -0.494 e. The number of imide groups is 1. The monoisotopic (exact) mass is 736 g/mol. The van der Waals surface area contributed by atoms with Gasteiger partial charge in [0.2, 0.25) is 11.8 Å². The molecule has 3 N–H and O–H groups in total. The highest BCUT2D eigenvalue weighted by Gasteiger charge is 2.30. The van der Waals surface area contributed by atoms with Gasteiger partial charge in [-0.2, -0.15) is 10.2 Å². The van der Waals surface area contributed by atoms with Gasteiger partial charge < -0.3 is 25.2 Å². The zero-order valence-electron chi connectivity index (χ0n) is 29.8. The third-order valence-corrected chi connectivity index (χ3v) is 10.8. The maximum atomic E-state index is 15.1. The number of amides is 4. The van der Waals surface area contributed by atoms with Gasteiger partial charge in [-0.05, 0) is 68.4 Å². The van der Waals surface area contributed by atoms with E-state index in [9.17, 15) is 19.2 Å². The Balaban J connectivity index is 0.823. The molecule has 54 heavy (non-hydrogen) atoms. The summed E-state index contributed by atoms with van der Waals surface area (Å²) in [6, 6.07) is 9.48. The van der Waals surface area contributed by atoms with E-state index >= 15 is 4.39 Å². The number of benzene rings is 2. The van der Waals surface area contributed by atoms with Gasteiger partial charge in [-0.15, -0.1) is 0 Å². The van der Waals surface area contributed by atoms with E-state index in [4.69, 9.17) is 9.84 Å². The van der Waals surface area contributed by atoms with Crippen molar-refractivity contribution in [2.24, 2.45) is 5.92 Å². The topological polar surface area (TPSA) is 168 Å². The van der Waals surface area contributed by atoms with E-state index in [-0.39, 0.29) is 36.3 Å². The molecule has 15 nitrogen and oxygen atoms in total. The van der Waals surface area contributed by atoms with Gasteiger partial charge in [0.25, 0.3) is 11.8 Å². The first-order chi connectivity index (χ1) is 26.2. The standard InChI is InChI=1S/C38H41FN10O5/c1-54-33-19-31-24(17-32(33)43-37(52)28-20-41-48-12-2-11-40-35(28)48)22-49(45-31)25-9-13-46(14-10-25)21-23-7-15-47(16-8-23)26-3-4-27(29(39)18-26)36(51)42-30-5-6-34(50)44-38(30)53/h2-4,11-12,17-20,22-23,25,30H,5-10,13-16,21H2,1H3,(H,42,51)(H,43,52)(H,44,50,53). The molecule has 280 valence electrons. The Hall–Kier alpha value is -5.90. The number of hydrogen-bond acceptors (Lipinski definition) is 10. The second-order valence-electron chi connectivity index (χ2n) is 14.2. The fourth-order valence-electron chi connectivity index (χ4n) is 7.76. The number of methoxy groups -OCH3 is 1. The van der Waals surface area contributed by atoms with Gasteiger partial charge in [-0.25, -0.2) is 13.9 Å². The number of rotatable bonds is 9. The quantitative estimate of drug-likeness (QED) is 0.190. The lowest BCUT2D eigenvalue weighted by molar-refractivity contribution is -0.134. The molecule has 6 heterocycles. The zero-order chi connectivity index (χ0) is 37.3. The van der Waals surface area contributed by atoms with Crippen molar-refractivity contribution in [3.63, 3.8) is 0 Å². The smallest absolute Gasteiger partial charge is 0.261 e. The van der Waals surface area contributed by atoms with Crippen LogP contribution in [0, 0.1) is 11.7 Å². The van der Waals surface area contributed by atoms with Crippen LogP contribution in [-0.2, 0) is 9.59 Å². The van der Waals surface area contributed by atoms with Crippen LogP contribution in [0.5, 0.6) is 5.75 Å². The van der Waals surface area contributed by atoms with E-state index in [1.807, 2.05) is 23.0 Å². The Bertz CT molecular complexity index is 2240. The molecule has 8 rings (SSSR count). The van der Waals surface area contributed by atoms with Gasteiger partial charge >= 0.3 is 0 Å². The summed E-state index contributed by atoms with van der Waals surface area (Å²) in [6.07, 6.45) is 11.1. The number of ether oxygens (including phenoxy) is 1. The number of aromatic nitrogens is 5. The first-order valence-electron chi connectivity index (χ1n) is 18.3. The van der Waals surface area contributed by atoms with Crippen molar-refractivity contribution in [2.45, 2.75) is 50.6 Å². The molecule has 5 aromatic rings. The molecular weight excluding hydrogens is 695 g/mol. The van der Waals surface area contributed by atoms with E-state index in [1.165, 1.54) is 18.3 Å². The average Bonchev–Trinajstić information content (AvgIpc) is 3.80. The molecule has 1 unspecified atom stereocenters. The summed E-state index contributed by atoms with van der Waals surface area (Å²) in [6.45, 7) is 4.53. The number of nitrogens with one attached hydrogen (secondary N) is 3. The lowest BCUT2D eigenvalue weighted by Crippen LogP contribution is -2.52. The minimum atomic E-state index is -0.861. The van der Waals surface area contributed by atoms with Crippen LogP contribution in [0.25, 0.3) is 16.6 Å². The van der Waals surface area contributed by atoms with Gasteiger partial charge in [-0.3, -0.25) is 29.2 Å². The summed E-state index contributed by atoms with van der Waals surface area (Å²) >= 11 is 0. The number of anilines is 2. The number of fused-ring (bicyclic) bond motifs is 2. The molecule has 3 aliphatic heterocycles. The van der Waals surface area contributed by atoms with Gasteiger partial charge in [0.1, 0.15) is 23.2 Å². The van der Waals surface area contributed by atoms with E-state index < -0.39 is 23.7 Å². The Kier molecular flexibility index (Phi) is 9.67. The number of piperidine rings is 3. The summed E-state index contributed by atoms with van der Waals surface area (Å²) in [5.74, 6) is -1.55. The Labute approximate surface area is 309 Å². The predicted molar refractivity (Wildman–Crippen MR) is 197 cm³/mol. The molecule has 1 atom stereocenters. The van der Waals surface area contributed by atoms with Crippen molar-refractivity contribution in [3.8, 4) is 5.75 Å². The Morgan fingerprint density at radius 1 is 1.00 bits per heavy atom. The van der Waals surface area contributed by atoms with E-state index in [2.05, 4.69) is 35.8 Å². The van der Waals surface area contributed by atoms with Crippen molar-refractivity contribution in [1.29, 1.82) is 0 Å². The molecule has 0 radical (unpaired) electrons. The number of nitrogens with zero attached hydrogens (tertiary/aromatic N) is 7. The van der Waals surface area contributed by atoms with Crippen LogP contribution in [-0.4, -0.2) is 98.8 Å². The van der Waals surface area contributed by atoms with Crippen LogP contribution in [0.2, 0.25) is 0 Å². The number of halogens is 1. The summed E-state index contributed by atoms with van der Waals surface area (Å²) in [7, 11) is 1.57. The molecule has 0 bridgehead atoms. The number of likely N-dealkylation sites (tertiary alicyclic amines) is 1. The zero-order valence-corrected chi connectivity index (χ0v) is 29.8. The van der Waals surface area contributed by atoms with Crippen LogP contribution in [0.15, 0.2) is 61.2 Å². The van der Waals surface area contributed by atoms with Crippen molar-refractivity contribution in [1.82, 2.24) is 39.9 Å². The van der Waals surface area contributed by atoms with Crippen LogP contribution in [0.3, 0.4) is 0 Å². The SMILES string of the molecule is COc1cc2nn(C3CCN(CC4CCN(c5ccc(C(=O)NC6CCC(=O)NC6=O)c(F)c5)CC4)CC3)cc2cc1NC(=O)c1cnn2cccnc12. The molecule has 3 aromatic heterocycles. The fraction of sp³-hybridized carbons (Fsp3) is 0.395. The van der Waals surface area contributed by atoms with Gasteiger partial charge in [0.05, 0.1) is 36.1 Å². The first-order valence-corrected chi connectivity index (χ1v) is 18.3. The number of carbonyl (C=O) groups is 4. The highest BCUT2D eigenvalue weighted by molar-refractivity contribution is 6.09. The summed E-state index contributed by atoms with van der Waals surface area (Å²) in [5.41, 5.74) is 2.77. The van der Waals surface area contributed by atoms with E-state index in [1.54, 1.807) is 36.2 Å². The minimum absolute atomic E-state index is 0.127.